The Hall–Kier alpha value is -3.73. The first-order chi connectivity index (χ1) is 15.7. The van der Waals surface area contributed by atoms with Gasteiger partial charge < -0.3 is 24.8 Å². The Morgan fingerprint density at radius 2 is 1.70 bits per heavy atom. The van der Waals surface area contributed by atoms with Crippen LogP contribution in [-0.4, -0.2) is 55.3 Å². The smallest absolute Gasteiger partial charge is 0.328 e. The number of rotatable bonds is 10. The summed E-state index contributed by atoms with van der Waals surface area (Å²) >= 11 is 0. The van der Waals surface area contributed by atoms with Gasteiger partial charge in [-0.1, -0.05) is 6.07 Å². The van der Waals surface area contributed by atoms with Gasteiger partial charge in [0.05, 0.1) is 21.3 Å². The number of sulfonamides is 1. The molecule has 33 heavy (non-hydrogen) atoms. The van der Waals surface area contributed by atoms with E-state index in [4.69, 9.17) is 14.2 Å². The molecular formula is C22H27N3O7S. The second-order valence-electron chi connectivity index (χ2n) is 6.65. The molecule has 0 bridgehead atoms. The van der Waals surface area contributed by atoms with Crippen molar-refractivity contribution >= 4 is 28.0 Å². The van der Waals surface area contributed by atoms with Crippen LogP contribution >= 0.6 is 0 Å². The van der Waals surface area contributed by atoms with Crippen LogP contribution in [0.4, 0.5) is 4.79 Å². The van der Waals surface area contributed by atoms with Crippen LogP contribution in [0, 0.1) is 0 Å². The van der Waals surface area contributed by atoms with Crippen LogP contribution < -0.4 is 29.6 Å². The minimum Gasteiger partial charge on any atom is -0.497 e. The first kappa shape index (κ1) is 25.5. The minimum absolute atomic E-state index is 0.0931. The first-order valence-electron chi connectivity index (χ1n) is 9.83. The van der Waals surface area contributed by atoms with E-state index in [-0.39, 0.29) is 23.1 Å². The lowest BCUT2D eigenvalue weighted by molar-refractivity contribution is -0.116. The molecule has 0 saturated carbocycles. The zero-order valence-corrected chi connectivity index (χ0v) is 19.6. The van der Waals surface area contributed by atoms with Crippen molar-refractivity contribution in [2.24, 2.45) is 0 Å². The Morgan fingerprint density at radius 3 is 2.33 bits per heavy atom. The van der Waals surface area contributed by atoms with E-state index in [0.717, 1.165) is 0 Å². The normalized spacial score (nSPS) is 11.0. The Bertz CT molecular complexity index is 1130. The first-order valence-corrected chi connectivity index (χ1v) is 11.3. The zero-order valence-electron chi connectivity index (χ0n) is 18.8. The second-order valence-corrected chi connectivity index (χ2v) is 8.30. The van der Waals surface area contributed by atoms with Crippen LogP contribution in [0.15, 0.2) is 47.4 Å². The number of carbonyl (C=O) groups excluding carboxylic acids is 2. The predicted molar refractivity (Wildman–Crippen MR) is 123 cm³/mol. The van der Waals surface area contributed by atoms with Crippen LogP contribution in [0.2, 0.25) is 0 Å². The third-order valence-electron chi connectivity index (χ3n) is 4.54. The molecule has 0 aliphatic heterocycles. The van der Waals surface area contributed by atoms with Crippen molar-refractivity contribution in [3.05, 3.63) is 53.6 Å². The van der Waals surface area contributed by atoms with E-state index in [1.54, 1.807) is 37.5 Å². The average Bonchev–Trinajstić information content (AvgIpc) is 2.82. The lowest BCUT2D eigenvalue weighted by Gasteiger charge is -2.12. The Labute approximate surface area is 193 Å². The highest BCUT2D eigenvalue weighted by atomic mass is 32.2. The van der Waals surface area contributed by atoms with Gasteiger partial charge in [0.15, 0.2) is 0 Å². The Kier molecular flexibility index (Phi) is 9.10. The van der Waals surface area contributed by atoms with Crippen molar-refractivity contribution in [1.82, 2.24) is 15.4 Å². The summed E-state index contributed by atoms with van der Waals surface area (Å²) in [6.45, 7) is 0.262. The molecule has 0 aliphatic rings. The van der Waals surface area contributed by atoms with E-state index >= 15 is 0 Å². The third-order valence-corrected chi connectivity index (χ3v) is 5.89. The molecule has 0 atom stereocenters. The van der Waals surface area contributed by atoms with E-state index < -0.39 is 16.1 Å². The zero-order chi connectivity index (χ0) is 24.4. The average molecular weight is 478 g/mol. The van der Waals surface area contributed by atoms with E-state index in [2.05, 4.69) is 10.6 Å². The number of urea groups is 1. The van der Waals surface area contributed by atoms with Gasteiger partial charge >= 0.3 is 6.03 Å². The molecule has 2 aromatic carbocycles. The summed E-state index contributed by atoms with van der Waals surface area (Å²) in [5.41, 5.74) is 1.34. The fourth-order valence-corrected chi connectivity index (χ4v) is 4.00. The summed E-state index contributed by atoms with van der Waals surface area (Å²) in [6.07, 6.45) is 3.36. The topological polar surface area (TPSA) is 132 Å². The minimum atomic E-state index is -4.14. The number of methoxy groups -OCH3 is 3. The molecule has 3 N–H and O–H groups in total. The summed E-state index contributed by atoms with van der Waals surface area (Å²) in [6, 6.07) is 8.95. The number of hydrogen-bond donors (Lipinski definition) is 3. The summed E-state index contributed by atoms with van der Waals surface area (Å²) in [4.78, 5) is 23.5. The number of carbonyl (C=O) groups is 2. The third kappa shape index (κ3) is 7.14. The molecule has 3 amide bonds. The van der Waals surface area contributed by atoms with Gasteiger partial charge in [-0.3, -0.25) is 4.79 Å². The molecule has 2 rings (SSSR count). The lowest BCUT2D eigenvalue weighted by atomic mass is 10.1. The van der Waals surface area contributed by atoms with Gasteiger partial charge in [-0.2, -0.15) is 0 Å². The molecule has 0 radical (unpaired) electrons. The van der Waals surface area contributed by atoms with Crippen molar-refractivity contribution in [2.45, 2.75) is 11.3 Å². The molecule has 0 heterocycles. The molecule has 178 valence electrons. The number of amides is 3. The van der Waals surface area contributed by atoms with Crippen LogP contribution in [0.3, 0.4) is 0 Å². The van der Waals surface area contributed by atoms with E-state index in [9.17, 15) is 18.0 Å². The fourth-order valence-electron chi connectivity index (χ4n) is 2.83. The van der Waals surface area contributed by atoms with Crippen molar-refractivity contribution in [2.75, 3.05) is 34.9 Å². The molecule has 0 aromatic heterocycles. The highest BCUT2D eigenvalue weighted by Crippen LogP contribution is 2.26. The molecule has 0 unspecified atom stereocenters. The maximum atomic E-state index is 12.5. The van der Waals surface area contributed by atoms with E-state index in [1.807, 2.05) is 4.72 Å². The van der Waals surface area contributed by atoms with Crippen LogP contribution in [0.5, 0.6) is 17.2 Å². The van der Waals surface area contributed by atoms with Gasteiger partial charge in [-0.05, 0) is 42.3 Å². The van der Waals surface area contributed by atoms with Crippen LogP contribution in [-0.2, 0) is 21.2 Å². The van der Waals surface area contributed by atoms with E-state index in [0.29, 0.717) is 29.0 Å². The molecular weight excluding hydrogens is 450 g/mol. The van der Waals surface area contributed by atoms with Gasteiger partial charge in [0.25, 0.3) is 10.0 Å². The summed E-state index contributed by atoms with van der Waals surface area (Å²) in [5.74, 6) is 0.974. The Balaban J connectivity index is 2.03. The number of hydrogen-bond acceptors (Lipinski definition) is 7. The predicted octanol–water partition coefficient (Wildman–Crippen LogP) is 1.70. The molecule has 11 heteroatoms. The largest absolute Gasteiger partial charge is 0.497 e. The maximum absolute atomic E-state index is 12.5. The van der Waals surface area contributed by atoms with Gasteiger partial charge in [0.1, 0.15) is 22.1 Å². The molecule has 10 nitrogen and oxygen atoms in total. The summed E-state index contributed by atoms with van der Waals surface area (Å²) in [7, 11) is 1.58. The van der Waals surface area contributed by atoms with Crippen molar-refractivity contribution in [1.29, 1.82) is 0 Å². The van der Waals surface area contributed by atoms with Gasteiger partial charge in [0.2, 0.25) is 5.91 Å². The van der Waals surface area contributed by atoms with Crippen molar-refractivity contribution < 1.29 is 32.2 Å². The van der Waals surface area contributed by atoms with Gasteiger partial charge in [0, 0.05) is 31.3 Å². The lowest BCUT2D eigenvalue weighted by Crippen LogP contribution is -2.37. The number of nitrogens with one attached hydrogen (secondary N) is 3. The van der Waals surface area contributed by atoms with Crippen molar-refractivity contribution in [3.63, 3.8) is 0 Å². The molecule has 2 aromatic rings. The van der Waals surface area contributed by atoms with Gasteiger partial charge in [-0.15, -0.1) is 0 Å². The van der Waals surface area contributed by atoms with Gasteiger partial charge in [-0.25, -0.2) is 17.9 Å². The molecule has 0 fully saturated rings. The highest BCUT2D eigenvalue weighted by molar-refractivity contribution is 7.90. The van der Waals surface area contributed by atoms with Crippen molar-refractivity contribution in [3.8, 4) is 17.2 Å². The Morgan fingerprint density at radius 1 is 0.970 bits per heavy atom. The van der Waals surface area contributed by atoms with Crippen LogP contribution in [0.25, 0.3) is 6.08 Å². The number of ether oxygens (including phenoxy) is 3. The monoisotopic (exact) mass is 477 g/mol. The second kappa shape index (κ2) is 11.8. The fraction of sp³-hybridized carbons (Fsp3) is 0.273. The summed E-state index contributed by atoms with van der Waals surface area (Å²) < 4.78 is 42.4. The molecule has 0 aliphatic carbocycles. The number of benzene rings is 2. The SMILES string of the molecule is CNC(=O)NS(=O)(=O)c1cc(CCNC(=O)/C=C/c2ccc(OC)cc2OC)ccc1OC. The maximum Gasteiger partial charge on any atom is 0.328 e. The standard InChI is InChI=1S/C22H27N3O7S/c1-23-22(27)25-33(28,29)20-13-15(5-9-18(20)31-3)11-12-24-21(26)10-7-16-6-8-17(30-2)14-19(16)32-4/h5-10,13-14H,11-12H2,1-4H3,(H,24,26)(H2,23,25,27)/b10-7+. The summed E-state index contributed by atoms with van der Waals surface area (Å²) in [5, 5.41) is 4.93. The van der Waals surface area contributed by atoms with Crippen LogP contribution in [0.1, 0.15) is 11.1 Å². The molecule has 0 spiro atoms. The van der Waals surface area contributed by atoms with E-state index in [1.165, 1.54) is 39.5 Å². The highest BCUT2D eigenvalue weighted by Gasteiger charge is 2.22. The quantitative estimate of drug-likeness (QED) is 0.444. The molecule has 0 saturated heterocycles.